The van der Waals surface area contributed by atoms with Crippen LogP contribution in [-0.4, -0.2) is 0 Å². The van der Waals surface area contributed by atoms with Crippen LogP contribution >= 0.6 is 0 Å². The zero-order valence-electron chi connectivity index (χ0n) is 19.8. The molecule has 0 fully saturated rings. The van der Waals surface area contributed by atoms with Gasteiger partial charge in [-0.2, -0.15) is 0 Å². The van der Waals surface area contributed by atoms with Gasteiger partial charge >= 0.3 is 0 Å². The predicted octanol–water partition coefficient (Wildman–Crippen LogP) is 8.02. The van der Waals surface area contributed by atoms with Crippen LogP contribution in [0.25, 0.3) is 10.8 Å². The molecule has 4 rings (SSSR count). The van der Waals surface area contributed by atoms with Gasteiger partial charge in [-0.1, -0.05) is 66.2 Å². The Hall–Kier alpha value is -4.33. The van der Waals surface area contributed by atoms with Crippen molar-refractivity contribution in [2.75, 3.05) is 0 Å². The monoisotopic (exact) mass is 454 g/mol. The Morgan fingerprint density at radius 1 is 0.600 bits per heavy atom. The molecule has 0 N–H and O–H groups in total. The van der Waals surface area contributed by atoms with Crippen LogP contribution in [0.4, 0.5) is 4.39 Å². The van der Waals surface area contributed by atoms with Crippen LogP contribution in [0.15, 0.2) is 104 Å². The van der Waals surface area contributed by atoms with Crippen LogP contribution in [0.2, 0.25) is 0 Å². The average molecular weight is 455 g/mol. The highest BCUT2D eigenvalue weighted by Gasteiger charge is 2.07. The van der Waals surface area contributed by atoms with Gasteiger partial charge in [-0.25, -0.2) is 4.39 Å². The molecule has 0 aliphatic heterocycles. The lowest BCUT2D eigenvalue weighted by atomic mass is 10.0. The van der Waals surface area contributed by atoms with Gasteiger partial charge in [0.25, 0.3) is 0 Å². The van der Waals surface area contributed by atoms with E-state index in [4.69, 9.17) is 0 Å². The van der Waals surface area contributed by atoms with E-state index in [0.717, 1.165) is 52.5 Å². The summed E-state index contributed by atoms with van der Waals surface area (Å²) in [6.07, 6.45) is 7.16. The Morgan fingerprint density at radius 3 is 1.71 bits per heavy atom. The van der Waals surface area contributed by atoms with Gasteiger partial charge in [0.05, 0.1) is 0 Å². The number of fused-ring (bicyclic) bond motifs is 1. The molecule has 0 saturated heterocycles. The van der Waals surface area contributed by atoms with E-state index in [1.54, 1.807) is 0 Å². The quantitative estimate of drug-likeness (QED) is 0.204. The van der Waals surface area contributed by atoms with E-state index in [1.165, 1.54) is 5.56 Å². The molecule has 4 aromatic rings. The summed E-state index contributed by atoms with van der Waals surface area (Å²) >= 11 is 0. The maximum atomic E-state index is 14.8. The molecule has 0 amide bonds. The molecular formula is C34H27F. The summed E-state index contributed by atoms with van der Waals surface area (Å²) in [7, 11) is 0. The molecule has 0 saturated carbocycles. The molecule has 0 unspecified atom stereocenters. The first-order valence-electron chi connectivity index (χ1n) is 11.8. The zero-order valence-corrected chi connectivity index (χ0v) is 19.8. The maximum Gasteiger partial charge on any atom is 0.134 e. The fraction of sp³-hybridized carbons (Fsp3) is 0.118. The third kappa shape index (κ3) is 6.38. The molecule has 0 aliphatic carbocycles. The highest BCUT2D eigenvalue weighted by atomic mass is 19.1. The lowest BCUT2D eigenvalue weighted by molar-refractivity contribution is 0.621. The highest BCUT2D eigenvalue weighted by Crippen LogP contribution is 2.23. The molecule has 0 spiro atoms. The second kappa shape index (κ2) is 11.7. The highest BCUT2D eigenvalue weighted by molar-refractivity contribution is 5.85. The van der Waals surface area contributed by atoms with Gasteiger partial charge in [0.2, 0.25) is 0 Å². The summed E-state index contributed by atoms with van der Waals surface area (Å²) in [5, 5.41) is 1.49. The first-order valence-corrected chi connectivity index (χ1v) is 11.8. The Balaban J connectivity index is 1.44. The first-order chi connectivity index (χ1) is 17.2. The van der Waals surface area contributed by atoms with Gasteiger partial charge in [-0.3, -0.25) is 0 Å². The van der Waals surface area contributed by atoms with Crippen LogP contribution in [0.5, 0.6) is 0 Å². The molecule has 0 heterocycles. The fourth-order valence-electron chi connectivity index (χ4n) is 3.81. The van der Waals surface area contributed by atoms with Crippen molar-refractivity contribution in [3.8, 4) is 23.7 Å². The number of hydrogen-bond donors (Lipinski definition) is 0. The summed E-state index contributed by atoms with van der Waals surface area (Å²) in [5.41, 5.74) is 5.73. The lowest BCUT2D eigenvalue weighted by Crippen LogP contribution is -1.92. The molecule has 0 bridgehead atoms. The van der Waals surface area contributed by atoms with Crippen molar-refractivity contribution in [2.24, 2.45) is 0 Å². The smallest absolute Gasteiger partial charge is 0.134 e. The molecule has 0 atom stereocenters. The molecule has 35 heavy (non-hydrogen) atoms. The summed E-state index contributed by atoms with van der Waals surface area (Å²) < 4.78 is 14.8. The maximum absolute atomic E-state index is 14.8. The van der Waals surface area contributed by atoms with Crippen LogP contribution in [0.1, 0.15) is 46.2 Å². The fourth-order valence-corrected chi connectivity index (χ4v) is 3.81. The van der Waals surface area contributed by atoms with Crippen molar-refractivity contribution < 1.29 is 4.39 Å². The van der Waals surface area contributed by atoms with Gasteiger partial charge in [0, 0.05) is 27.6 Å². The van der Waals surface area contributed by atoms with Crippen molar-refractivity contribution in [3.63, 3.8) is 0 Å². The molecule has 0 radical (unpaired) electrons. The van der Waals surface area contributed by atoms with Crippen LogP contribution in [-0.2, 0) is 12.8 Å². The number of halogens is 1. The van der Waals surface area contributed by atoms with E-state index in [1.807, 2.05) is 66.7 Å². The van der Waals surface area contributed by atoms with E-state index < -0.39 is 0 Å². The summed E-state index contributed by atoms with van der Waals surface area (Å²) in [6, 6.07) is 25.7. The molecule has 0 aliphatic rings. The Kier molecular flexibility index (Phi) is 7.96. The molecule has 0 nitrogen and oxygen atoms in total. The van der Waals surface area contributed by atoms with E-state index >= 15 is 0 Å². The minimum atomic E-state index is -0.149. The number of rotatable bonds is 6. The minimum Gasteiger partial charge on any atom is -0.206 e. The van der Waals surface area contributed by atoms with E-state index in [2.05, 4.69) is 61.1 Å². The third-order valence-electron chi connectivity index (χ3n) is 5.83. The third-order valence-corrected chi connectivity index (χ3v) is 5.83. The number of aryl methyl sites for hydroxylation is 2. The second-order valence-electron chi connectivity index (χ2n) is 8.40. The molecule has 4 aromatic carbocycles. The van der Waals surface area contributed by atoms with Gasteiger partial charge < -0.3 is 0 Å². The topological polar surface area (TPSA) is 0 Å². The van der Waals surface area contributed by atoms with Crippen molar-refractivity contribution in [1.29, 1.82) is 0 Å². The SMILES string of the molecule is C=CCCc1ccc(C#Cc2ccc(C#Cc3ccc4c(F)c(CCC=C)ccc4c3)cc2)cc1. The van der Waals surface area contributed by atoms with Gasteiger partial charge in [0.1, 0.15) is 5.82 Å². The number of allylic oxidation sites excluding steroid dienone is 2. The Labute approximate surface area is 207 Å². The second-order valence-corrected chi connectivity index (χ2v) is 8.40. The average Bonchev–Trinajstić information content (AvgIpc) is 2.90. The van der Waals surface area contributed by atoms with Gasteiger partial charge in [-0.15, -0.1) is 13.2 Å². The summed E-state index contributed by atoms with van der Waals surface area (Å²) in [5.74, 6) is 12.7. The number of benzene rings is 4. The lowest BCUT2D eigenvalue weighted by Gasteiger charge is -2.06. The van der Waals surface area contributed by atoms with E-state index in [-0.39, 0.29) is 5.82 Å². The normalized spacial score (nSPS) is 10.1. The number of hydrogen-bond acceptors (Lipinski definition) is 0. The van der Waals surface area contributed by atoms with Crippen molar-refractivity contribution in [2.45, 2.75) is 25.7 Å². The van der Waals surface area contributed by atoms with Crippen molar-refractivity contribution >= 4 is 10.8 Å². The first kappa shape index (κ1) is 23.8. The Bertz CT molecular complexity index is 1460. The van der Waals surface area contributed by atoms with Crippen LogP contribution < -0.4 is 0 Å². The summed E-state index contributed by atoms with van der Waals surface area (Å²) in [6.45, 7) is 7.48. The molecule has 0 aromatic heterocycles. The standard InChI is InChI=1S/C34H27F/c1-3-5-7-26-9-11-27(12-10-26)13-14-28-15-17-29(18-16-28)19-20-30-21-24-33-32(25-30)23-22-31(34(33)35)8-6-4-2/h3-4,9-12,15-18,21-25H,1-2,5-8H2. The molecule has 1 heteroatoms. The van der Waals surface area contributed by atoms with Gasteiger partial charge in [-0.05, 0) is 90.7 Å². The predicted molar refractivity (Wildman–Crippen MR) is 146 cm³/mol. The van der Waals surface area contributed by atoms with E-state index in [0.29, 0.717) is 11.8 Å². The van der Waals surface area contributed by atoms with Crippen molar-refractivity contribution in [3.05, 3.63) is 143 Å². The zero-order chi connectivity index (χ0) is 24.5. The van der Waals surface area contributed by atoms with E-state index in [9.17, 15) is 4.39 Å². The molecular weight excluding hydrogens is 427 g/mol. The minimum absolute atomic E-state index is 0.149. The Morgan fingerprint density at radius 2 is 1.11 bits per heavy atom. The van der Waals surface area contributed by atoms with Crippen LogP contribution in [0.3, 0.4) is 0 Å². The summed E-state index contributed by atoms with van der Waals surface area (Å²) in [4.78, 5) is 0. The van der Waals surface area contributed by atoms with Crippen LogP contribution in [0, 0.1) is 29.5 Å². The van der Waals surface area contributed by atoms with Crippen molar-refractivity contribution in [1.82, 2.24) is 0 Å². The van der Waals surface area contributed by atoms with Gasteiger partial charge in [0.15, 0.2) is 0 Å². The molecule has 170 valence electrons. The largest absolute Gasteiger partial charge is 0.206 e.